The van der Waals surface area contributed by atoms with Gasteiger partial charge in [-0.3, -0.25) is 13.9 Å². The molecule has 1 N–H and O–H groups in total. The second-order valence-corrected chi connectivity index (χ2v) is 13.8. The molecular weight excluding hydrogens is 629 g/mol. The first-order valence-corrected chi connectivity index (χ1v) is 17.1. The van der Waals surface area contributed by atoms with Gasteiger partial charge in [-0.25, -0.2) is 8.42 Å². The number of nitrogens with zero attached hydrogens (tertiary/aromatic N) is 2. The predicted molar refractivity (Wildman–Crippen MR) is 179 cm³/mol. The third-order valence-corrected chi connectivity index (χ3v) is 10.4. The molecule has 2 amide bonds. The van der Waals surface area contributed by atoms with Crippen LogP contribution in [0.1, 0.15) is 36.8 Å². The molecule has 0 saturated heterocycles. The fourth-order valence-electron chi connectivity index (χ4n) is 5.60. The van der Waals surface area contributed by atoms with E-state index in [2.05, 4.69) is 5.32 Å². The van der Waals surface area contributed by atoms with E-state index in [0.29, 0.717) is 21.3 Å². The van der Waals surface area contributed by atoms with Crippen molar-refractivity contribution in [1.29, 1.82) is 0 Å². The summed E-state index contributed by atoms with van der Waals surface area (Å²) in [6.45, 7) is -0.563. The van der Waals surface area contributed by atoms with Crippen molar-refractivity contribution >= 4 is 50.7 Å². The lowest BCUT2D eigenvalue weighted by Crippen LogP contribution is -2.54. The Kier molecular flexibility index (Phi) is 10.8. The zero-order valence-electron chi connectivity index (χ0n) is 24.7. The van der Waals surface area contributed by atoms with Crippen molar-refractivity contribution in [3.63, 3.8) is 0 Å². The monoisotopic (exact) mass is 663 g/mol. The summed E-state index contributed by atoms with van der Waals surface area (Å²) in [5.74, 6) is -0.840. The highest BCUT2D eigenvalue weighted by atomic mass is 35.5. The van der Waals surface area contributed by atoms with E-state index in [1.807, 2.05) is 30.3 Å². The van der Waals surface area contributed by atoms with E-state index in [-0.39, 0.29) is 29.8 Å². The van der Waals surface area contributed by atoms with Gasteiger partial charge in [0, 0.05) is 29.1 Å². The van der Waals surface area contributed by atoms with Gasteiger partial charge in [0.05, 0.1) is 10.6 Å². The average Bonchev–Trinajstić information content (AvgIpc) is 3.56. The molecule has 7 nitrogen and oxygen atoms in total. The predicted octanol–water partition coefficient (Wildman–Crippen LogP) is 6.89. The third kappa shape index (κ3) is 8.25. The molecule has 0 unspecified atom stereocenters. The number of carbonyl (C=O) groups excluding carboxylic acids is 2. The Hall–Kier alpha value is -3.85. The molecule has 0 spiro atoms. The zero-order valence-corrected chi connectivity index (χ0v) is 27.0. The smallest absolute Gasteiger partial charge is 0.264 e. The Morgan fingerprint density at radius 3 is 2.04 bits per heavy atom. The number of halogens is 2. The lowest BCUT2D eigenvalue weighted by molar-refractivity contribution is -0.140. The van der Waals surface area contributed by atoms with Crippen molar-refractivity contribution in [1.82, 2.24) is 10.2 Å². The summed E-state index contributed by atoms with van der Waals surface area (Å²) in [4.78, 5) is 30.1. The van der Waals surface area contributed by atoms with Gasteiger partial charge in [-0.15, -0.1) is 0 Å². The Bertz CT molecular complexity index is 1700. The summed E-state index contributed by atoms with van der Waals surface area (Å²) in [6.07, 6.45) is 4.03. The van der Waals surface area contributed by atoms with Gasteiger partial charge in [-0.2, -0.15) is 0 Å². The van der Waals surface area contributed by atoms with E-state index in [1.54, 1.807) is 66.7 Å². The fourth-order valence-corrected chi connectivity index (χ4v) is 7.50. The average molecular weight is 665 g/mol. The van der Waals surface area contributed by atoms with E-state index in [4.69, 9.17) is 23.2 Å². The van der Waals surface area contributed by atoms with Gasteiger partial charge in [0.1, 0.15) is 12.6 Å². The van der Waals surface area contributed by atoms with Crippen LogP contribution in [0, 0.1) is 0 Å². The standard InChI is InChI=1S/C35H35Cl2N3O4S/c36-28-21-20-27(32(37)23-28)24-39(33(22-26-12-4-1-5-13-26)35(42)38-29-14-10-11-15-29)34(41)25-40(30-16-6-2-7-17-30)45(43,44)31-18-8-3-9-19-31/h1-9,12-13,16-21,23,29,33H,10-11,14-15,22,24-25H2,(H,38,42)/t33-/m0/s1. The second kappa shape index (κ2) is 15.0. The number of anilines is 1. The number of benzene rings is 4. The van der Waals surface area contributed by atoms with Crippen molar-refractivity contribution in [3.8, 4) is 0 Å². The minimum Gasteiger partial charge on any atom is -0.352 e. The Labute approximate surface area is 274 Å². The number of hydrogen-bond donors (Lipinski definition) is 1. The Morgan fingerprint density at radius 1 is 0.822 bits per heavy atom. The first kappa shape index (κ1) is 32.5. The van der Waals surface area contributed by atoms with E-state index < -0.39 is 28.5 Å². The summed E-state index contributed by atoms with van der Waals surface area (Å²) in [5, 5.41) is 3.94. The van der Waals surface area contributed by atoms with Gasteiger partial charge in [-0.05, 0) is 60.4 Å². The van der Waals surface area contributed by atoms with Crippen LogP contribution in [-0.2, 0) is 32.6 Å². The number of carbonyl (C=O) groups is 2. The van der Waals surface area contributed by atoms with E-state index in [1.165, 1.54) is 17.0 Å². The molecule has 10 heteroatoms. The molecule has 234 valence electrons. The first-order chi connectivity index (χ1) is 21.7. The van der Waals surface area contributed by atoms with Gasteiger partial charge >= 0.3 is 0 Å². The van der Waals surface area contributed by atoms with Crippen LogP contribution in [0.4, 0.5) is 5.69 Å². The number of para-hydroxylation sites is 1. The maximum Gasteiger partial charge on any atom is 0.264 e. The number of amides is 2. The second-order valence-electron chi connectivity index (χ2n) is 11.1. The fraction of sp³-hybridized carbons (Fsp3) is 0.257. The molecule has 0 heterocycles. The summed E-state index contributed by atoms with van der Waals surface area (Å²) in [7, 11) is -4.15. The maximum absolute atomic E-state index is 14.5. The quantitative estimate of drug-likeness (QED) is 0.179. The molecule has 4 aromatic carbocycles. The molecule has 1 aliphatic rings. The van der Waals surface area contributed by atoms with Crippen molar-refractivity contribution in [2.45, 2.75) is 55.6 Å². The molecule has 4 aromatic rings. The minimum atomic E-state index is -4.15. The zero-order chi connectivity index (χ0) is 31.8. The lowest BCUT2D eigenvalue weighted by atomic mass is 10.0. The van der Waals surface area contributed by atoms with Crippen LogP contribution in [0.3, 0.4) is 0 Å². The highest BCUT2D eigenvalue weighted by Gasteiger charge is 2.35. The van der Waals surface area contributed by atoms with Crippen LogP contribution in [-0.4, -0.2) is 43.8 Å². The summed E-state index contributed by atoms with van der Waals surface area (Å²) in [5.41, 5.74) is 1.77. The SMILES string of the molecule is O=C(NC1CCCC1)[C@H](Cc1ccccc1)N(Cc1ccc(Cl)cc1Cl)C(=O)CN(c1ccccc1)S(=O)(=O)c1ccccc1. The van der Waals surface area contributed by atoms with Crippen LogP contribution in [0.2, 0.25) is 10.0 Å². The molecule has 1 fully saturated rings. The summed E-state index contributed by atoms with van der Waals surface area (Å²) < 4.78 is 29.1. The minimum absolute atomic E-state index is 0.0196. The van der Waals surface area contributed by atoms with Crippen LogP contribution in [0.5, 0.6) is 0 Å². The molecule has 1 aliphatic carbocycles. The van der Waals surface area contributed by atoms with Gasteiger partial charge < -0.3 is 10.2 Å². The number of sulfonamides is 1. The third-order valence-electron chi connectivity index (χ3n) is 7.98. The van der Waals surface area contributed by atoms with E-state index in [0.717, 1.165) is 35.6 Å². The molecule has 1 atom stereocenters. The van der Waals surface area contributed by atoms with Crippen molar-refractivity contribution in [3.05, 3.63) is 130 Å². The molecule has 0 radical (unpaired) electrons. The van der Waals surface area contributed by atoms with Crippen LogP contribution in [0.15, 0.2) is 114 Å². The molecule has 45 heavy (non-hydrogen) atoms. The highest BCUT2D eigenvalue weighted by molar-refractivity contribution is 7.92. The van der Waals surface area contributed by atoms with E-state index >= 15 is 0 Å². The Morgan fingerprint density at radius 2 is 1.42 bits per heavy atom. The maximum atomic E-state index is 14.5. The molecule has 0 aromatic heterocycles. The lowest BCUT2D eigenvalue weighted by Gasteiger charge is -2.34. The number of nitrogens with one attached hydrogen (secondary N) is 1. The van der Waals surface area contributed by atoms with Gasteiger partial charge in [-0.1, -0.05) is 109 Å². The van der Waals surface area contributed by atoms with Crippen molar-refractivity contribution in [2.75, 3.05) is 10.8 Å². The summed E-state index contributed by atoms with van der Waals surface area (Å²) in [6, 6.07) is 30.0. The summed E-state index contributed by atoms with van der Waals surface area (Å²) >= 11 is 12.8. The highest BCUT2D eigenvalue weighted by Crippen LogP contribution is 2.27. The topological polar surface area (TPSA) is 86.8 Å². The number of rotatable bonds is 12. The van der Waals surface area contributed by atoms with Crippen LogP contribution >= 0.6 is 23.2 Å². The van der Waals surface area contributed by atoms with Gasteiger partial charge in [0.25, 0.3) is 10.0 Å². The number of hydrogen-bond acceptors (Lipinski definition) is 4. The molecular formula is C35H35Cl2N3O4S. The van der Waals surface area contributed by atoms with Gasteiger partial charge in [0.15, 0.2) is 0 Å². The van der Waals surface area contributed by atoms with Crippen LogP contribution in [0.25, 0.3) is 0 Å². The first-order valence-electron chi connectivity index (χ1n) is 14.9. The normalized spacial score (nSPS) is 14.1. The van der Waals surface area contributed by atoms with Crippen molar-refractivity contribution < 1.29 is 18.0 Å². The molecule has 1 saturated carbocycles. The molecule has 0 bridgehead atoms. The van der Waals surface area contributed by atoms with Crippen molar-refractivity contribution in [2.24, 2.45) is 0 Å². The Balaban J connectivity index is 1.56. The largest absolute Gasteiger partial charge is 0.352 e. The molecule has 5 rings (SSSR count). The van der Waals surface area contributed by atoms with Gasteiger partial charge in [0.2, 0.25) is 11.8 Å². The molecule has 0 aliphatic heterocycles. The van der Waals surface area contributed by atoms with Crippen LogP contribution < -0.4 is 9.62 Å². The van der Waals surface area contributed by atoms with E-state index in [9.17, 15) is 18.0 Å².